The number of anilines is 2. The van der Waals surface area contributed by atoms with Gasteiger partial charge in [-0.15, -0.1) is 0 Å². The van der Waals surface area contributed by atoms with Crippen LogP contribution in [0.15, 0.2) is 4.79 Å². The molecule has 5 heteroatoms. The second-order valence-electron chi connectivity index (χ2n) is 4.42. The molecule has 3 rings (SSSR count). The largest absolute Gasteiger partial charge is 0.369 e. The maximum absolute atomic E-state index is 11.8. The zero-order chi connectivity index (χ0) is 10.4. The molecule has 2 unspecified atom stereocenters. The van der Waals surface area contributed by atoms with Crippen molar-refractivity contribution in [2.24, 2.45) is 0 Å². The number of nitrogens with zero attached hydrogens (tertiary/aromatic N) is 1. The van der Waals surface area contributed by atoms with Gasteiger partial charge in [0.05, 0.1) is 5.56 Å². The summed E-state index contributed by atoms with van der Waals surface area (Å²) in [6, 6.07) is 0.477. The van der Waals surface area contributed by atoms with Crippen molar-refractivity contribution < 1.29 is 0 Å². The number of nitrogens with one attached hydrogen (secondary N) is 2. The molecule has 1 aromatic heterocycles. The van der Waals surface area contributed by atoms with Crippen LogP contribution < -0.4 is 16.6 Å². The lowest BCUT2D eigenvalue weighted by Crippen LogP contribution is -2.36. The van der Waals surface area contributed by atoms with Crippen LogP contribution in [0.3, 0.4) is 0 Å². The summed E-state index contributed by atoms with van der Waals surface area (Å²) in [4.78, 5) is 18.5. The fraction of sp³-hybridized carbons (Fsp3) is 0.600. The van der Waals surface area contributed by atoms with Gasteiger partial charge in [-0.1, -0.05) is 6.42 Å². The van der Waals surface area contributed by atoms with E-state index in [1.807, 2.05) is 0 Å². The molecule has 4 N–H and O–H groups in total. The Morgan fingerprint density at radius 3 is 3.13 bits per heavy atom. The van der Waals surface area contributed by atoms with Gasteiger partial charge >= 0.3 is 0 Å². The molecule has 80 valence electrons. The molecule has 0 spiro atoms. The molecular formula is C10H14N4O. The number of H-pyrrole nitrogens is 1. The molecular weight excluding hydrogens is 192 g/mol. The number of nitrogens with two attached hydrogens (primary N) is 1. The number of aromatic nitrogens is 2. The molecule has 0 saturated heterocycles. The highest BCUT2D eigenvalue weighted by molar-refractivity contribution is 5.51. The summed E-state index contributed by atoms with van der Waals surface area (Å²) in [6.07, 6.45) is 4.51. The minimum atomic E-state index is -0.0737. The second kappa shape index (κ2) is 2.98. The van der Waals surface area contributed by atoms with Crippen LogP contribution in [0.4, 0.5) is 11.8 Å². The third kappa shape index (κ3) is 1.30. The van der Waals surface area contributed by atoms with Crippen LogP contribution in [0.1, 0.15) is 37.2 Å². The summed E-state index contributed by atoms with van der Waals surface area (Å²) in [5, 5.41) is 3.30. The number of rotatable bonds is 0. The first-order valence-corrected chi connectivity index (χ1v) is 5.40. The zero-order valence-corrected chi connectivity index (χ0v) is 8.42. The molecule has 1 aliphatic heterocycles. The molecule has 1 aromatic rings. The molecule has 1 aliphatic carbocycles. The average molecular weight is 206 g/mol. The number of aromatic amines is 1. The van der Waals surface area contributed by atoms with Gasteiger partial charge in [-0.05, 0) is 25.2 Å². The average Bonchev–Trinajstić information content (AvgIpc) is 2.15. The maximum Gasteiger partial charge on any atom is 0.257 e. The van der Waals surface area contributed by atoms with Gasteiger partial charge in [-0.3, -0.25) is 9.78 Å². The van der Waals surface area contributed by atoms with Crippen LogP contribution >= 0.6 is 0 Å². The van der Waals surface area contributed by atoms with Crippen LogP contribution in [0, 0.1) is 0 Å². The molecule has 2 heterocycles. The molecule has 2 bridgehead atoms. The summed E-state index contributed by atoms with van der Waals surface area (Å²) in [6.45, 7) is 0. The SMILES string of the molecule is Nc1nc2c(c(=O)[nH]1)C1CCCC(C1)N2. The molecule has 0 radical (unpaired) electrons. The van der Waals surface area contributed by atoms with Crippen molar-refractivity contribution >= 4 is 11.8 Å². The minimum Gasteiger partial charge on any atom is -0.369 e. The number of hydrogen-bond acceptors (Lipinski definition) is 4. The third-order valence-electron chi connectivity index (χ3n) is 3.40. The predicted octanol–water partition coefficient (Wildman–Crippen LogP) is 0.804. The lowest BCUT2D eigenvalue weighted by molar-refractivity contribution is 0.392. The molecule has 15 heavy (non-hydrogen) atoms. The first-order valence-electron chi connectivity index (χ1n) is 5.40. The van der Waals surface area contributed by atoms with Crippen molar-refractivity contribution in [1.29, 1.82) is 0 Å². The van der Waals surface area contributed by atoms with Gasteiger partial charge in [0.25, 0.3) is 5.56 Å². The van der Waals surface area contributed by atoms with Crippen molar-refractivity contribution in [2.45, 2.75) is 37.6 Å². The fourth-order valence-corrected chi connectivity index (χ4v) is 2.77. The lowest BCUT2D eigenvalue weighted by atomic mass is 9.79. The van der Waals surface area contributed by atoms with E-state index in [0.717, 1.165) is 18.4 Å². The Hall–Kier alpha value is -1.52. The fourth-order valence-electron chi connectivity index (χ4n) is 2.77. The topological polar surface area (TPSA) is 83.8 Å². The van der Waals surface area contributed by atoms with E-state index in [-0.39, 0.29) is 11.5 Å². The van der Waals surface area contributed by atoms with Gasteiger partial charge in [0.1, 0.15) is 5.82 Å². The van der Waals surface area contributed by atoms with Gasteiger partial charge in [-0.2, -0.15) is 4.98 Å². The van der Waals surface area contributed by atoms with Crippen LogP contribution in [0.5, 0.6) is 0 Å². The highest BCUT2D eigenvalue weighted by Crippen LogP contribution is 2.39. The van der Waals surface area contributed by atoms with E-state index in [1.165, 1.54) is 12.8 Å². The summed E-state index contributed by atoms with van der Waals surface area (Å²) >= 11 is 0. The molecule has 2 atom stereocenters. The molecule has 1 fully saturated rings. The van der Waals surface area contributed by atoms with Gasteiger partial charge in [0, 0.05) is 6.04 Å². The lowest BCUT2D eigenvalue weighted by Gasteiger charge is -2.35. The summed E-state index contributed by atoms with van der Waals surface area (Å²) in [5.74, 6) is 1.28. The Bertz CT molecular complexity index is 453. The normalized spacial score (nSPS) is 28.0. The molecule has 0 aromatic carbocycles. The molecule has 2 aliphatic rings. The number of nitrogen functional groups attached to an aromatic ring is 1. The zero-order valence-electron chi connectivity index (χ0n) is 8.42. The van der Waals surface area contributed by atoms with Gasteiger partial charge < -0.3 is 11.1 Å². The second-order valence-corrected chi connectivity index (χ2v) is 4.42. The third-order valence-corrected chi connectivity index (χ3v) is 3.40. The van der Waals surface area contributed by atoms with E-state index in [0.29, 0.717) is 17.8 Å². The highest BCUT2D eigenvalue weighted by atomic mass is 16.1. The number of fused-ring (bicyclic) bond motifs is 4. The van der Waals surface area contributed by atoms with E-state index in [9.17, 15) is 4.79 Å². The van der Waals surface area contributed by atoms with E-state index < -0.39 is 0 Å². The van der Waals surface area contributed by atoms with Crippen LogP contribution in [0.2, 0.25) is 0 Å². The Morgan fingerprint density at radius 1 is 1.40 bits per heavy atom. The van der Waals surface area contributed by atoms with E-state index in [2.05, 4.69) is 15.3 Å². The van der Waals surface area contributed by atoms with Crippen LogP contribution in [0.25, 0.3) is 0 Å². The standard InChI is InChI=1S/C10H14N4O/c11-10-13-8-7(9(15)14-10)5-2-1-3-6(4-5)12-8/h5-6H,1-4H2,(H4,11,12,13,14,15). The smallest absolute Gasteiger partial charge is 0.257 e. The van der Waals surface area contributed by atoms with Crippen LogP contribution in [-0.2, 0) is 0 Å². The van der Waals surface area contributed by atoms with Crippen molar-refractivity contribution in [2.75, 3.05) is 11.1 Å². The molecule has 5 nitrogen and oxygen atoms in total. The number of hydrogen-bond donors (Lipinski definition) is 3. The highest BCUT2D eigenvalue weighted by Gasteiger charge is 2.32. The summed E-state index contributed by atoms with van der Waals surface area (Å²) in [7, 11) is 0. The van der Waals surface area contributed by atoms with E-state index in [1.54, 1.807) is 0 Å². The van der Waals surface area contributed by atoms with Crippen molar-refractivity contribution in [3.63, 3.8) is 0 Å². The van der Waals surface area contributed by atoms with Crippen molar-refractivity contribution in [3.05, 3.63) is 15.9 Å². The maximum atomic E-state index is 11.8. The van der Waals surface area contributed by atoms with Crippen molar-refractivity contribution in [1.82, 2.24) is 9.97 Å². The quantitative estimate of drug-likeness (QED) is 0.586. The first kappa shape index (κ1) is 8.76. The van der Waals surface area contributed by atoms with E-state index >= 15 is 0 Å². The van der Waals surface area contributed by atoms with E-state index in [4.69, 9.17) is 5.73 Å². The molecule has 0 amide bonds. The molecule has 1 saturated carbocycles. The predicted molar refractivity (Wildman–Crippen MR) is 57.9 cm³/mol. The van der Waals surface area contributed by atoms with Crippen molar-refractivity contribution in [3.8, 4) is 0 Å². The Kier molecular flexibility index (Phi) is 1.74. The summed E-state index contributed by atoms with van der Waals surface area (Å²) in [5.41, 5.74) is 6.26. The van der Waals surface area contributed by atoms with Gasteiger partial charge in [0.2, 0.25) is 5.95 Å². The monoisotopic (exact) mass is 206 g/mol. The Morgan fingerprint density at radius 2 is 2.27 bits per heavy atom. The Labute approximate surface area is 87.1 Å². The first-order chi connectivity index (χ1) is 7.24. The van der Waals surface area contributed by atoms with Gasteiger partial charge in [-0.25, -0.2) is 0 Å². The van der Waals surface area contributed by atoms with Crippen LogP contribution in [-0.4, -0.2) is 16.0 Å². The summed E-state index contributed by atoms with van der Waals surface area (Å²) < 4.78 is 0. The Balaban J connectivity index is 2.17. The minimum absolute atomic E-state index is 0.0737. The van der Waals surface area contributed by atoms with Gasteiger partial charge in [0.15, 0.2) is 0 Å².